The Morgan fingerprint density at radius 2 is 1.62 bits per heavy atom. The van der Waals surface area contributed by atoms with E-state index in [1.807, 2.05) is 35.2 Å². The van der Waals surface area contributed by atoms with Crippen LogP contribution in [0.3, 0.4) is 0 Å². The van der Waals surface area contributed by atoms with Crippen molar-refractivity contribution in [3.05, 3.63) is 60.2 Å². The van der Waals surface area contributed by atoms with Gasteiger partial charge in [-0.05, 0) is 53.8 Å². The van der Waals surface area contributed by atoms with Gasteiger partial charge in [-0.3, -0.25) is 9.00 Å². The minimum absolute atomic E-state index is 0.220. The van der Waals surface area contributed by atoms with Gasteiger partial charge in [-0.25, -0.2) is 0 Å². The maximum absolute atomic E-state index is 12.4. The van der Waals surface area contributed by atoms with Crippen LogP contribution in [0, 0.1) is 0 Å². The first kappa shape index (κ1) is 18.6. The van der Waals surface area contributed by atoms with Crippen LogP contribution in [0.1, 0.15) is 18.4 Å². The summed E-state index contributed by atoms with van der Waals surface area (Å²) in [6.07, 6.45) is 2.38. The van der Waals surface area contributed by atoms with Crippen molar-refractivity contribution in [2.45, 2.75) is 24.2 Å². The summed E-state index contributed by atoms with van der Waals surface area (Å²) < 4.78 is 21.9. The highest BCUT2D eigenvalue weighted by Gasteiger charge is 2.20. The molecule has 6 heteroatoms. The van der Waals surface area contributed by atoms with Crippen molar-refractivity contribution in [2.75, 3.05) is 31.1 Å². The van der Waals surface area contributed by atoms with Crippen molar-refractivity contribution in [1.29, 1.82) is 0 Å². The lowest BCUT2D eigenvalue weighted by molar-refractivity contribution is -0.131. The molecule has 1 aliphatic heterocycles. The second-order valence-electron chi connectivity index (χ2n) is 6.44. The molecule has 2 aromatic rings. The van der Waals surface area contributed by atoms with Crippen molar-refractivity contribution in [2.24, 2.45) is 0 Å². The van der Waals surface area contributed by atoms with E-state index in [9.17, 15) is 13.6 Å². The summed E-state index contributed by atoms with van der Waals surface area (Å²) in [5.74, 6) is 0.220. The van der Waals surface area contributed by atoms with E-state index in [0.717, 1.165) is 31.6 Å². The Labute approximate surface area is 156 Å². The molecule has 138 valence electrons. The number of carbonyl (C=O) groups is 1. The van der Waals surface area contributed by atoms with E-state index >= 15 is 0 Å². The SMILES string of the molecule is O=C(CCCc1ccccc1)N1CCN(c2ccc(S(=O)[O-])cc2)CC1. The third-order valence-electron chi connectivity index (χ3n) is 4.73. The maximum atomic E-state index is 12.4. The predicted octanol–water partition coefficient (Wildman–Crippen LogP) is 2.60. The summed E-state index contributed by atoms with van der Waals surface area (Å²) in [5.41, 5.74) is 2.27. The molecule has 0 aliphatic carbocycles. The number of rotatable bonds is 6. The highest BCUT2D eigenvalue weighted by Crippen LogP contribution is 2.19. The molecule has 1 aliphatic rings. The van der Waals surface area contributed by atoms with Gasteiger partial charge in [-0.2, -0.15) is 0 Å². The number of aryl methyl sites for hydroxylation is 1. The maximum Gasteiger partial charge on any atom is 0.222 e. The molecule has 26 heavy (non-hydrogen) atoms. The second-order valence-corrected chi connectivity index (χ2v) is 7.38. The Hall–Kier alpha value is -2.18. The molecule has 1 atom stereocenters. The monoisotopic (exact) mass is 371 g/mol. The number of anilines is 1. The largest absolute Gasteiger partial charge is 0.768 e. The van der Waals surface area contributed by atoms with Gasteiger partial charge in [0.2, 0.25) is 5.91 Å². The van der Waals surface area contributed by atoms with Crippen molar-refractivity contribution < 1.29 is 13.6 Å². The predicted molar refractivity (Wildman–Crippen MR) is 102 cm³/mol. The van der Waals surface area contributed by atoms with E-state index in [1.165, 1.54) is 5.56 Å². The molecule has 0 aromatic heterocycles. The van der Waals surface area contributed by atoms with Crippen molar-refractivity contribution in [3.8, 4) is 0 Å². The number of carbonyl (C=O) groups excluding carboxylic acids is 1. The van der Waals surface area contributed by atoms with E-state index in [4.69, 9.17) is 0 Å². The first-order chi connectivity index (χ1) is 12.6. The topological polar surface area (TPSA) is 63.7 Å². The van der Waals surface area contributed by atoms with Crippen LogP contribution in [0.5, 0.6) is 0 Å². The zero-order valence-corrected chi connectivity index (χ0v) is 15.5. The number of nitrogens with zero attached hydrogens (tertiary/aromatic N) is 2. The Bertz CT molecular complexity index is 741. The molecule has 2 aromatic carbocycles. The molecule has 1 unspecified atom stereocenters. The first-order valence-corrected chi connectivity index (χ1v) is 9.97. The molecular weight excluding hydrogens is 348 g/mol. The number of piperazine rings is 1. The van der Waals surface area contributed by atoms with Gasteiger partial charge < -0.3 is 14.4 Å². The molecule has 0 radical (unpaired) electrons. The molecule has 5 nitrogen and oxygen atoms in total. The van der Waals surface area contributed by atoms with E-state index in [1.54, 1.807) is 12.1 Å². The molecule has 0 spiro atoms. The molecule has 1 amide bonds. The van der Waals surface area contributed by atoms with Crippen LogP contribution in [-0.4, -0.2) is 45.7 Å². The second kappa shape index (κ2) is 8.96. The van der Waals surface area contributed by atoms with Gasteiger partial charge in [0.25, 0.3) is 0 Å². The summed E-state index contributed by atoms with van der Waals surface area (Å²) in [4.78, 5) is 16.8. The van der Waals surface area contributed by atoms with Gasteiger partial charge in [-0.1, -0.05) is 30.3 Å². The molecular formula is C20H23N2O3S-. The standard InChI is InChI=1S/C20H24N2O3S/c23-20(8-4-7-17-5-2-1-3-6-17)22-15-13-21(14-16-22)18-9-11-19(12-10-18)26(24)25/h1-3,5-6,9-12H,4,7-8,13-16H2,(H,24,25)/p-1. The minimum atomic E-state index is -2.19. The fraction of sp³-hybridized carbons (Fsp3) is 0.350. The van der Waals surface area contributed by atoms with E-state index in [0.29, 0.717) is 24.4 Å². The van der Waals surface area contributed by atoms with Gasteiger partial charge in [-0.15, -0.1) is 0 Å². The molecule has 3 rings (SSSR count). The lowest BCUT2D eigenvalue weighted by Crippen LogP contribution is -2.48. The highest BCUT2D eigenvalue weighted by atomic mass is 32.2. The number of hydrogen-bond donors (Lipinski definition) is 0. The number of hydrogen-bond acceptors (Lipinski definition) is 4. The zero-order chi connectivity index (χ0) is 18.4. The van der Waals surface area contributed by atoms with E-state index < -0.39 is 11.1 Å². The van der Waals surface area contributed by atoms with Crippen molar-refractivity contribution >= 4 is 22.7 Å². The van der Waals surface area contributed by atoms with Crippen LogP contribution < -0.4 is 4.90 Å². The van der Waals surface area contributed by atoms with E-state index in [-0.39, 0.29) is 5.91 Å². The third-order valence-corrected chi connectivity index (χ3v) is 5.38. The van der Waals surface area contributed by atoms with Crippen molar-refractivity contribution in [1.82, 2.24) is 4.90 Å². The summed E-state index contributed by atoms with van der Waals surface area (Å²) in [6.45, 7) is 2.95. The van der Waals surface area contributed by atoms with Gasteiger partial charge in [0, 0.05) is 43.2 Å². The zero-order valence-electron chi connectivity index (χ0n) is 14.7. The lowest BCUT2D eigenvalue weighted by Gasteiger charge is -2.36. The van der Waals surface area contributed by atoms with Crippen LogP contribution in [-0.2, 0) is 22.3 Å². The lowest BCUT2D eigenvalue weighted by atomic mass is 10.1. The quantitative estimate of drug-likeness (QED) is 0.732. The van der Waals surface area contributed by atoms with Crippen molar-refractivity contribution in [3.63, 3.8) is 0 Å². The summed E-state index contributed by atoms with van der Waals surface area (Å²) >= 11 is -2.19. The molecule has 0 bridgehead atoms. The third kappa shape index (κ3) is 4.93. The smallest absolute Gasteiger partial charge is 0.222 e. The molecule has 0 saturated carbocycles. The Kier molecular flexibility index (Phi) is 6.41. The van der Waals surface area contributed by atoms with E-state index in [2.05, 4.69) is 17.0 Å². The van der Waals surface area contributed by atoms with Crippen LogP contribution in [0.4, 0.5) is 5.69 Å². The summed E-state index contributed by atoms with van der Waals surface area (Å²) in [6, 6.07) is 17.1. The minimum Gasteiger partial charge on any atom is -0.768 e. The highest BCUT2D eigenvalue weighted by molar-refractivity contribution is 7.79. The number of benzene rings is 2. The average molecular weight is 371 g/mol. The van der Waals surface area contributed by atoms with Crippen LogP contribution in [0.15, 0.2) is 59.5 Å². The van der Waals surface area contributed by atoms with Crippen LogP contribution >= 0.6 is 0 Å². The Morgan fingerprint density at radius 1 is 0.962 bits per heavy atom. The molecule has 1 fully saturated rings. The molecule has 1 heterocycles. The fourth-order valence-corrected chi connectivity index (χ4v) is 3.59. The summed E-state index contributed by atoms with van der Waals surface area (Å²) in [5, 5.41) is 0. The van der Waals surface area contributed by atoms with Gasteiger partial charge >= 0.3 is 0 Å². The Balaban J connectivity index is 1.44. The number of amides is 1. The molecule has 0 N–H and O–H groups in total. The fourth-order valence-electron chi connectivity index (χ4n) is 3.23. The van der Waals surface area contributed by atoms with Gasteiger partial charge in [0.1, 0.15) is 0 Å². The van der Waals surface area contributed by atoms with Crippen LogP contribution in [0.25, 0.3) is 0 Å². The average Bonchev–Trinajstić information content (AvgIpc) is 2.69. The molecule has 1 saturated heterocycles. The normalized spacial score (nSPS) is 15.7. The van der Waals surface area contributed by atoms with Crippen LogP contribution in [0.2, 0.25) is 0 Å². The summed E-state index contributed by atoms with van der Waals surface area (Å²) in [7, 11) is 0. The Morgan fingerprint density at radius 3 is 2.23 bits per heavy atom. The first-order valence-electron chi connectivity index (χ1n) is 8.89. The van der Waals surface area contributed by atoms with Gasteiger partial charge in [0.15, 0.2) is 0 Å². The van der Waals surface area contributed by atoms with Gasteiger partial charge in [0.05, 0.1) is 0 Å².